The summed E-state index contributed by atoms with van der Waals surface area (Å²) in [5.74, 6) is 0. The Morgan fingerprint density at radius 1 is 1.35 bits per heavy atom. The highest BCUT2D eigenvalue weighted by molar-refractivity contribution is 5.67. The minimum atomic E-state index is -0.513. The van der Waals surface area contributed by atoms with Gasteiger partial charge in [-0.05, 0) is 31.2 Å². The van der Waals surface area contributed by atoms with Crippen LogP contribution in [-0.4, -0.2) is 43.4 Å². The number of carbonyl (C=O) groups is 1. The number of hydrogen-bond donors (Lipinski definition) is 2. The molecule has 1 amide bonds. The standard InChI is InChI=1S/C17H25NO5/c19-10-9-15(13-22-16-8-4-5-11-21-16)18-17(20)23-12-14-6-2-1-3-7-14/h1-3,6-7,15-16,19H,4-5,8-13H2,(H,18,20)/t15-,16?/m0/s1. The summed E-state index contributed by atoms with van der Waals surface area (Å²) in [7, 11) is 0. The topological polar surface area (TPSA) is 77.0 Å². The highest BCUT2D eigenvalue weighted by Crippen LogP contribution is 2.14. The van der Waals surface area contributed by atoms with Gasteiger partial charge in [0.1, 0.15) is 6.61 Å². The van der Waals surface area contributed by atoms with E-state index in [1.165, 1.54) is 0 Å². The molecule has 6 heteroatoms. The van der Waals surface area contributed by atoms with E-state index in [0.717, 1.165) is 24.8 Å². The van der Waals surface area contributed by atoms with E-state index < -0.39 is 6.09 Å². The largest absolute Gasteiger partial charge is 0.445 e. The molecular weight excluding hydrogens is 298 g/mol. The Labute approximate surface area is 136 Å². The van der Waals surface area contributed by atoms with Gasteiger partial charge in [0.25, 0.3) is 0 Å². The third kappa shape index (κ3) is 6.99. The molecule has 1 saturated heterocycles. The number of nitrogens with one attached hydrogen (secondary N) is 1. The zero-order valence-corrected chi connectivity index (χ0v) is 13.3. The van der Waals surface area contributed by atoms with E-state index in [-0.39, 0.29) is 25.5 Å². The first-order valence-corrected chi connectivity index (χ1v) is 8.09. The van der Waals surface area contributed by atoms with Gasteiger partial charge in [-0.1, -0.05) is 30.3 Å². The van der Waals surface area contributed by atoms with Crippen LogP contribution < -0.4 is 5.32 Å². The molecule has 0 bridgehead atoms. The number of rotatable bonds is 8. The minimum Gasteiger partial charge on any atom is -0.445 e. The molecule has 1 heterocycles. The van der Waals surface area contributed by atoms with Crippen LogP contribution in [0.5, 0.6) is 0 Å². The number of hydrogen-bond acceptors (Lipinski definition) is 5. The number of ether oxygens (including phenoxy) is 3. The van der Waals surface area contributed by atoms with Gasteiger partial charge in [0, 0.05) is 13.2 Å². The van der Waals surface area contributed by atoms with E-state index in [4.69, 9.17) is 19.3 Å². The molecule has 1 aliphatic rings. The van der Waals surface area contributed by atoms with E-state index in [2.05, 4.69) is 5.32 Å². The average molecular weight is 323 g/mol. The molecule has 2 N–H and O–H groups in total. The van der Waals surface area contributed by atoms with Crippen LogP contribution in [0.2, 0.25) is 0 Å². The minimum absolute atomic E-state index is 0.0293. The van der Waals surface area contributed by atoms with Crippen molar-refractivity contribution in [1.82, 2.24) is 5.32 Å². The van der Waals surface area contributed by atoms with Crippen molar-refractivity contribution < 1.29 is 24.1 Å². The molecular formula is C17H25NO5. The fraction of sp³-hybridized carbons (Fsp3) is 0.588. The lowest BCUT2D eigenvalue weighted by atomic mass is 10.2. The van der Waals surface area contributed by atoms with Crippen molar-refractivity contribution in [2.45, 2.75) is 44.6 Å². The van der Waals surface area contributed by atoms with Crippen molar-refractivity contribution in [2.75, 3.05) is 19.8 Å². The summed E-state index contributed by atoms with van der Waals surface area (Å²) in [5, 5.41) is 11.8. The van der Waals surface area contributed by atoms with Gasteiger partial charge < -0.3 is 24.6 Å². The lowest BCUT2D eigenvalue weighted by Crippen LogP contribution is -2.40. The molecule has 0 aliphatic carbocycles. The number of alkyl carbamates (subject to hydrolysis) is 1. The zero-order valence-electron chi connectivity index (χ0n) is 13.3. The van der Waals surface area contributed by atoms with Gasteiger partial charge in [-0.2, -0.15) is 0 Å². The van der Waals surface area contributed by atoms with Gasteiger partial charge in [-0.25, -0.2) is 4.79 Å². The van der Waals surface area contributed by atoms with E-state index in [1.54, 1.807) is 0 Å². The Morgan fingerprint density at radius 3 is 2.87 bits per heavy atom. The molecule has 6 nitrogen and oxygen atoms in total. The first-order valence-electron chi connectivity index (χ1n) is 8.09. The molecule has 0 spiro atoms. The summed E-state index contributed by atoms with van der Waals surface area (Å²) in [4.78, 5) is 11.9. The molecule has 23 heavy (non-hydrogen) atoms. The van der Waals surface area contributed by atoms with E-state index in [9.17, 15) is 4.79 Å². The normalized spacial score (nSPS) is 19.1. The lowest BCUT2D eigenvalue weighted by molar-refractivity contribution is -0.166. The number of aliphatic hydroxyl groups is 1. The van der Waals surface area contributed by atoms with Crippen LogP contribution >= 0.6 is 0 Å². The molecule has 0 saturated carbocycles. The lowest BCUT2D eigenvalue weighted by Gasteiger charge is -2.25. The maximum atomic E-state index is 11.9. The third-order valence-corrected chi connectivity index (χ3v) is 3.63. The Balaban J connectivity index is 1.70. The zero-order chi connectivity index (χ0) is 16.3. The van der Waals surface area contributed by atoms with Gasteiger partial charge in [0.15, 0.2) is 6.29 Å². The van der Waals surface area contributed by atoms with Gasteiger partial charge in [0.05, 0.1) is 12.6 Å². The second-order valence-electron chi connectivity index (χ2n) is 5.54. The van der Waals surface area contributed by atoms with Crippen LogP contribution in [0.1, 0.15) is 31.2 Å². The Bertz CT molecular complexity index is 448. The fourth-order valence-electron chi connectivity index (χ4n) is 2.35. The number of benzene rings is 1. The first-order chi connectivity index (χ1) is 11.3. The highest BCUT2D eigenvalue weighted by Gasteiger charge is 2.18. The molecule has 1 aliphatic heterocycles. The molecule has 1 aromatic carbocycles. The van der Waals surface area contributed by atoms with E-state index >= 15 is 0 Å². The summed E-state index contributed by atoms with van der Waals surface area (Å²) in [5.41, 5.74) is 0.924. The van der Waals surface area contributed by atoms with Gasteiger partial charge in [-0.3, -0.25) is 0 Å². The smallest absolute Gasteiger partial charge is 0.407 e. The van der Waals surface area contributed by atoms with Crippen LogP contribution in [-0.2, 0) is 20.8 Å². The Morgan fingerprint density at radius 2 is 2.17 bits per heavy atom. The second kappa shape index (κ2) is 10.2. The molecule has 1 unspecified atom stereocenters. The van der Waals surface area contributed by atoms with Crippen molar-refractivity contribution in [1.29, 1.82) is 0 Å². The van der Waals surface area contributed by atoms with Crippen molar-refractivity contribution >= 4 is 6.09 Å². The molecule has 1 fully saturated rings. The van der Waals surface area contributed by atoms with Gasteiger partial charge >= 0.3 is 6.09 Å². The van der Waals surface area contributed by atoms with Crippen LogP contribution in [0.15, 0.2) is 30.3 Å². The summed E-state index contributed by atoms with van der Waals surface area (Å²) in [6.07, 6.45) is 2.69. The molecule has 2 atom stereocenters. The summed E-state index contributed by atoms with van der Waals surface area (Å²) in [6, 6.07) is 9.18. The molecule has 0 aromatic heterocycles. The monoisotopic (exact) mass is 323 g/mol. The van der Waals surface area contributed by atoms with Crippen molar-refractivity contribution in [3.05, 3.63) is 35.9 Å². The molecule has 128 valence electrons. The molecule has 0 radical (unpaired) electrons. The maximum Gasteiger partial charge on any atom is 0.407 e. The van der Waals surface area contributed by atoms with Crippen LogP contribution in [0.3, 0.4) is 0 Å². The van der Waals surface area contributed by atoms with E-state index in [0.29, 0.717) is 19.6 Å². The average Bonchev–Trinajstić information content (AvgIpc) is 2.60. The number of aliphatic hydroxyl groups excluding tert-OH is 1. The summed E-state index contributed by atoms with van der Waals surface area (Å²) >= 11 is 0. The number of amides is 1. The summed E-state index contributed by atoms with van der Waals surface area (Å²) in [6.45, 7) is 1.19. The molecule has 1 aromatic rings. The maximum absolute atomic E-state index is 11.9. The Hall–Kier alpha value is -1.63. The van der Waals surface area contributed by atoms with E-state index in [1.807, 2.05) is 30.3 Å². The predicted molar refractivity (Wildman–Crippen MR) is 84.8 cm³/mol. The van der Waals surface area contributed by atoms with Crippen molar-refractivity contribution in [2.24, 2.45) is 0 Å². The molecule has 2 rings (SSSR count). The van der Waals surface area contributed by atoms with Crippen molar-refractivity contribution in [3.8, 4) is 0 Å². The quantitative estimate of drug-likeness (QED) is 0.767. The predicted octanol–water partition coefficient (Wildman–Crippen LogP) is 2.21. The number of carbonyl (C=O) groups excluding carboxylic acids is 1. The summed E-state index contributed by atoms with van der Waals surface area (Å²) < 4.78 is 16.3. The highest BCUT2D eigenvalue weighted by atomic mass is 16.7. The SMILES string of the molecule is O=C(N[C@@H](CCO)COC1CCCCO1)OCc1ccccc1. The van der Waals surface area contributed by atoms with Crippen LogP contribution in [0.25, 0.3) is 0 Å². The van der Waals surface area contributed by atoms with Crippen LogP contribution in [0.4, 0.5) is 4.79 Å². The third-order valence-electron chi connectivity index (χ3n) is 3.63. The van der Waals surface area contributed by atoms with Crippen molar-refractivity contribution in [3.63, 3.8) is 0 Å². The van der Waals surface area contributed by atoms with Crippen LogP contribution in [0, 0.1) is 0 Å². The Kier molecular flexibility index (Phi) is 7.86. The first kappa shape index (κ1) is 17.7. The fourth-order valence-corrected chi connectivity index (χ4v) is 2.35. The second-order valence-corrected chi connectivity index (χ2v) is 5.54. The van der Waals surface area contributed by atoms with Gasteiger partial charge in [0.2, 0.25) is 0 Å². The van der Waals surface area contributed by atoms with Gasteiger partial charge in [-0.15, -0.1) is 0 Å².